The second-order valence-corrected chi connectivity index (χ2v) is 6.12. The van der Waals surface area contributed by atoms with Crippen LogP contribution in [0.1, 0.15) is 45.4 Å². The summed E-state index contributed by atoms with van der Waals surface area (Å²) in [7, 11) is 0. The summed E-state index contributed by atoms with van der Waals surface area (Å²) in [6.07, 6.45) is 6.61. The second-order valence-electron chi connectivity index (χ2n) is 6.12. The molecule has 0 aromatic heterocycles. The van der Waals surface area contributed by atoms with Crippen LogP contribution in [0.4, 0.5) is 0 Å². The zero-order valence-corrected chi connectivity index (χ0v) is 10.7. The molecule has 3 fully saturated rings. The fourth-order valence-electron chi connectivity index (χ4n) is 3.74. The number of Topliss-reactive ketones (excluding diaryl/α,β-unsaturated/α-hetero) is 1. The van der Waals surface area contributed by atoms with Crippen LogP contribution >= 0.6 is 0 Å². The summed E-state index contributed by atoms with van der Waals surface area (Å²) in [5.74, 6) is 1.05. The molecule has 1 saturated carbocycles. The molecule has 2 aliphatic heterocycles. The monoisotopic (exact) mass is 237 g/mol. The van der Waals surface area contributed by atoms with Gasteiger partial charge in [-0.05, 0) is 52.0 Å². The average Bonchev–Trinajstić information content (AvgIpc) is 2.73. The molecule has 0 bridgehead atoms. The van der Waals surface area contributed by atoms with E-state index in [1.54, 1.807) is 0 Å². The van der Waals surface area contributed by atoms with Gasteiger partial charge in [0.25, 0.3) is 0 Å². The SMILES string of the molecule is CC1NCCC1C(=O)C1CCOC2(CCC2)C1. The maximum Gasteiger partial charge on any atom is 0.140 e. The Morgan fingerprint density at radius 3 is 2.76 bits per heavy atom. The van der Waals surface area contributed by atoms with Gasteiger partial charge in [0.1, 0.15) is 5.78 Å². The molecule has 96 valence electrons. The van der Waals surface area contributed by atoms with Gasteiger partial charge in [-0.25, -0.2) is 0 Å². The summed E-state index contributed by atoms with van der Waals surface area (Å²) in [5.41, 5.74) is 0.105. The third kappa shape index (κ3) is 2.04. The van der Waals surface area contributed by atoms with Crippen LogP contribution < -0.4 is 5.32 Å². The molecule has 3 unspecified atom stereocenters. The van der Waals surface area contributed by atoms with Crippen molar-refractivity contribution in [3.8, 4) is 0 Å². The lowest BCUT2D eigenvalue weighted by Crippen LogP contribution is -2.48. The summed E-state index contributed by atoms with van der Waals surface area (Å²) < 4.78 is 5.90. The van der Waals surface area contributed by atoms with E-state index in [1.165, 1.54) is 19.3 Å². The maximum absolute atomic E-state index is 12.5. The second kappa shape index (κ2) is 4.36. The van der Waals surface area contributed by atoms with Crippen LogP contribution in [0, 0.1) is 11.8 Å². The molecule has 0 aromatic carbocycles. The molecule has 17 heavy (non-hydrogen) atoms. The lowest BCUT2D eigenvalue weighted by atomic mass is 9.69. The Morgan fingerprint density at radius 1 is 1.35 bits per heavy atom. The predicted octanol–water partition coefficient (Wildman–Crippen LogP) is 1.90. The van der Waals surface area contributed by atoms with Crippen LogP contribution in [-0.4, -0.2) is 30.6 Å². The molecule has 1 spiro atoms. The number of hydrogen-bond acceptors (Lipinski definition) is 3. The Labute approximate surface area is 103 Å². The Morgan fingerprint density at radius 2 is 2.18 bits per heavy atom. The smallest absolute Gasteiger partial charge is 0.140 e. The van der Waals surface area contributed by atoms with Crippen LogP contribution in [0.5, 0.6) is 0 Å². The number of hydrogen-bond donors (Lipinski definition) is 1. The molecule has 1 aliphatic carbocycles. The zero-order chi connectivity index (χ0) is 11.9. The van der Waals surface area contributed by atoms with Crippen LogP contribution in [-0.2, 0) is 9.53 Å². The van der Waals surface area contributed by atoms with Gasteiger partial charge in [0, 0.05) is 24.5 Å². The van der Waals surface area contributed by atoms with Crippen LogP contribution in [0.3, 0.4) is 0 Å². The number of rotatable bonds is 2. The minimum absolute atomic E-state index is 0.105. The Kier molecular flexibility index (Phi) is 2.99. The van der Waals surface area contributed by atoms with Gasteiger partial charge < -0.3 is 10.1 Å². The molecule has 0 radical (unpaired) electrons. The number of carbonyl (C=O) groups is 1. The number of carbonyl (C=O) groups excluding carboxylic acids is 1. The Bertz CT molecular complexity index is 311. The molecule has 3 nitrogen and oxygen atoms in total. The van der Waals surface area contributed by atoms with Crippen molar-refractivity contribution >= 4 is 5.78 Å². The standard InChI is InChI=1S/C14H23NO2/c1-10-12(3-7-15-10)13(16)11-4-8-17-14(9-11)5-2-6-14/h10-12,15H,2-9H2,1H3. The summed E-state index contributed by atoms with van der Waals surface area (Å²) in [6.45, 7) is 3.95. The first kappa shape index (κ1) is 11.7. The molecule has 2 saturated heterocycles. The van der Waals surface area contributed by atoms with Crippen molar-refractivity contribution in [2.75, 3.05) is 13.2 Å². The van der Waals surface area contributed by atoms with E-state index in [-0.39, 0.29) is 17.4 Å². The first-order valence-electron chi connectivity index (χ1n) is 7.11. The molecule has 0 amide bonds. The van der Waals surface area contributed by atoms with Gasteiger partial charge in [0.2, 0.25) is 0 Å². The highest BCUT2D eigenvalue weighted by molar-refractivity contribution is 5.84. The van der Waals surface area contributed by atoms with Crippen LogP contribution in [0.2, 0.25) is 0 Å². The highest BCUT2D eigenvalue weighted by Crippen LogP contribution is 2.45. The molecule has 3 rings (SSSR count). The fraction of sp³-hybridized carbons (Fsp3) is 0.929. The lowest BCUT2D eigenvalue weighted by Gasteiger charge is -2.47. The van der Waals surface area contributed by atoms with E-state index in [0.29, 0.717) is 11.8 Å². The lowest BCUT2D eigenvalue weighted by molar-refractivity contribution is -0.157. The molecule has 1 N–H and O–H groups in total. The van der Waals surface area contributed by atoms with E-state index in [0.717, 1.165) is 32.4 Å². The topological polar surface area (TPSA) is 38.3 Å². The Hall–Kier alpha value is -0.410. The van der Waals surface area contributed by atoms with Crippen molar-refractivity contribution in [3.05, 3.63) is 0 Å². The van der Waals surface area contributed by atoms with Gasteiger partial charge in [-0.3, -0.25) is 4.79 Å². The number of ether oxygens (including phenoxy) is 1. The van der Waals surface area contributed by atoms with Crippen molar-refractivity contribution in [2.24, 2.45) is 11.8 Å². The van der Waals surface area contributed by atoms with Crippen molar-refractivity contribution in [3.63, 3.8) is 0 Å². The van der Waals surface area contributed by atoms with Gasteiger partial charge in [-0.1, -0.05) is 0 Å². The van der Waals surface area contributed by atoms with Crippen LogP contribution in [0.25, 0.3) is 0 Å². The summed E-state index contributed by atoms with van der Waals surface area (Å²) >= 11 is 0. The van der Waals surface area contributed by atoms with Gasteiger partial charge in [-0.15, -0.1) is 0 Å². The molecular weight excluding hydrogens is 214 g/mol. The maximum atomic E-state index is 12.5. The molecule has 2 heterocycles. The predicted molar refractivity (Wildman–Crippen MR) is 65.8 cm³/mol. The average molecular weight is 237 g/mol. The van der Waals surface area contributed by atoms with E-state index in [1.807, 2.05) is 0 Å². The van der Waals surface area contributed by atoms with Crippen molar-refractivity contribution in [2.45, 2.75) is 57.1 Å². The molecular formula is C14H23NO2. The minimum Gasteiger partial charge on any atom is -0.375 e. The quantitative estimate of drug-likeness (QED) is 0.797. The first-order valence-corrected chi connectivity index (χ1v) is 7.11. The molecule has 3 heteroatoms. The summed E-state index contributed by atoms with van der Waals surface area (Å²) in [5, 5.41) is 3.39. The van der Waals surface area contributed by atoms with Crippen LogP contribution in [0.15, 0.2) is 0 Å². The molecule has 0 aromatic rings. The van der Waals surface area contributed by atoms with E-state index in [4.69, 9.17) is 4.74 Å². The zero-order valence-electron chi connectivity index (χ0n) is 10.7. The van der Waals surface area contributed by atoms with Gasteiger partial charge in [-0.2, -0.15) is 0 Å². The van der Waals surface area contributed by atoms with Gasteiger partial charge in [0.15, 0.2) is 0 Å². The van der Waals surface area contributed by atoms with Crippen molar-refractivity contribution in [1.82, 2.24) is 5.32 Å². The van der Waals surface area contributed by atoms with Crippen molar-refractivity contribution in [1.29, 1.82) is 0 Å². The van der Waals surface area contributed by atoms with E-state index in [9.17, 15) is 4.79 Å². The highest BCUT2D eigenvalue weighted by atomic mass is 16.5. The Balaban J connectivity index is 1.65. The third-order valence-corrected chi connectivity index (χ3v) is 5.05. The largest absolute Gasteiger partial charge is 0.375 e. The highest BCUT2D eigenvalue weighted by Gasteiger charge is 2.46. The number of nitrogens with one attached hydrogen (secondary N) is 1. The minimum atomic E-state index is 0.105. The van der Waals surface area contributed by atoms with E-state index in [2.05, 4.69) is 12.2 Å². The van der Waals surface area contributed by atoms with E-state index >= 15 is 0 Å². The third-order valence-electron chi connectivity index (χ3n) is 5.05. The van der Waals surface area contributed by atoms with Gasteiger partial charge in [0.05, 0.1) is 5.60 Å². The number of ketones is 1. The normalized spacial score (nSPS) is 40.2. The molecule has 3 atom stereocenters. The van der Waals surface area contributed by atoms with Crippen molar-refractivity contribution < 1.29 is 9.53 Å². The molecule has 3 aliphatic rings. The fourth-order valence-corrected chi connectivity index (χ4v) is 3.74. The summed E-state index contributed by atoms with van der Waals surface area (Å²) in [6, 6.07) is 0.377. The first-order chi connectivity index (χ1) is 8.20. The van der Waals surface area contributed by atoms with Gasteiger partial charge >= 0.3 is 0 Å². The van der Waals surface area contributed by atoms with E-state index < -0.39 is 0 Å². The summed E-state index contributed by atoms with van der Waals surface area (Å²) in [4.78, 5) is 12.5.